The summed E-state index contributed by atoms with van der Waals surface area (Å²) < 4.78 is 0. The lowest BCUT2D eigenvalue weighted by atomic mass is 10.0. The van der Waals surface area contributed by atoms with E-state index in [0.29, 0.717) is 12.8 Å². The van der Waals surface area contributed by atoms with E-state index in [0.717, 1.165) is 25.7 Å². The van der Waals surface area contributed by atoms with Crippen molar-refractivity contribution < 1.29 is 10.2 Å². The first-order valence-electron chi connectivity index (χ1n) is 7.47. The Labute approximate surface area is 112 Å². The van der Waals surface area contributed by atoms with E-state index in [1.807, 2.05) is 0 Å². The third-order valence-corrected chi connectivity index (χ3v) is 3.27. The van der Waals surface area contributed by atoms with Crippen LogP contribution in [0.2, 0.25) is 0 Å². The standard InChI is InChI=1S/C15H29NO2/c16-13-9-7-5-3-1-2-4-6-8-11-15(18)12-10-14-17/h15,17-18H,1-12,14H2/t15-/m1/s1. The molecule has 0 aromatic heterocycles. The number of nitriles is 1. The van der Waals surface area contributed by atoms with Crippen molar-refractivity contribution in [2.24, 2.45) is 0 Å². The van der Waals surface area contributed by atoms with Crippen LogP contribution in [0.1, 0.15) is 77.0 Å². The average molecular weight is 255 g/mol. The van der Waals surface area contributed by atoms with Crippen LogP contribution in [0.15, 0.2) is 0 Å². The van der Waals surface area contributed by atoms with Gasteiger partial charge in [0.2, 0.25) is 0 Å². The van der Waals surface area contributed by atoms with Gasteiger partial charge in [-0.25, -0.2) is 0 Å². The van der Waals surface area contributed by atoms with Crippen LogP contribution in [-0.4, -0.2) is 22.9 Å². The van der Waals surface area contributed by atoms with Crippen molar-refractivity contribution in [2.45, 2.75) is 83.2 Å². The van der Waals surface area contributed by atoms with Crippen LogP contribution in [0.5, 0.6) is 0 Å². The van der Waals surface area contributed by atoms with Gasteiger partial charge in [-0.15, -0.1) is 0 Å². The fourth-order valence-corrected chi connectivity index (χ4v) is 2.12. The van der Waals surface area contributed by atoms with E-state index in [9.17, 15) is 5.11 Å². The summed E-state index contributed by atoms with van der Waals surface area (Å²) in [5, 5.41) is 26.6. The lowest BCUT2D eigenvalue weighted by Crippen LogP contribution is -2.06. The van der Waals surface area contributed by atoms with Gasteiger partial charge in [0.25, 0.3) is 0 Å². The van der Waals surface area contributed by atoms with E-state index in [-0.39, 0.29) is 12.7 Å². The highest BCUT2D eigenvalue weighted by Gasteiger charge is 2.02. The van der Waals surface area contributed by atoms with Crippen LogP contribution in [0.4, 0.5) is 0 Å². The first kappa shape index (κ1) is 17.4. The summed E-state index contributed by atoms with van der Waals surface area (Å²) >= 11 is 0. The second kappa shape index (κ2) is 14.5. The van der Waals surface area contributed by atoms with Gasteiger partial charge in [0.15, 0.2) is 0 Å². The van der Waals surface area contributed by atoms with Gasteiger partial charge < -0.3 is 10.2 Å². The molecule has 0 aliphatic rings. The zero-order valence-electron chi connectivity index (χ0n) is 11.6. The molecule has 0 radical (unpaired) electrons. The molecule has 0 saturated carbocycles. The highest BCUT2D eigenvalue weighted by molar-refractivity contribution is 4.67. The normalized spacial score (nSPS) is 12.3. The number of aliphatic hydroxyl groups is 2. The van der Waals surface area contributed by atoms with Crippen molar-refractivity contribution in [1.82, 2.24) is 0 Å². The minimum atomic E-state index is -0.219. The molecule has 0 bridgehead atoms. The first-order chi connectivity index (χ1) is 8.81. The summed E-state index contributed by atoms with van der Waals surface area (Å²) in [6.45, 7) is 0.183. The van der Waals surface area contributed by atoms with Gasteiger partial charge in [-0.3, -0.25) is 0 Å². The Morgan fingerprint density at radius 1 is 0.778 bits per heavy atom. The molecule has 106 valence electrons. The molecule has 1 atom stereocenters. The maximum atomic E-state index is 9.57. The lowest BCUT2D eigenvalue weighted by Gasteiger charge is -2.09. The van der Waals surface area contributed by atoms with Gasteiger partial charge in [-0.2, -0.15) is 5.26 Å². The van der Waals surface area contributed by atoms with Gasteiger partial charge in [0.1, 0.15) is 0 Å². The molecular weight excluding hydrogens is 226 g/mol. The topological polar surface area (TPSA) is 64.2 Å². The molecule has 0 saturated heterocycles. The van der Waals surface area contributed by atoms with Gasteiger partial charge >= 0.3 is 0 Å². The van der Waals surface area contributed by atoms with Crippen molar-refractivity contribution in [3.63, 3.8) is 0 Å². The SMILES string of the molecule is N#CCCCCCCCCCC[C@@H](O)CCCO. The third kappa shape index (κ3) is 13.5. The molecule has 0 aromatic carbocycles. The van der Waals surface area contributed by atoms with Crippen LogP contribution in [0.25, 0.3) is 0 Å². The molecule has 0 unspecified atom stereocenters. The first-order valence-corrected chi connectivity index (χ1v) is 7.47. The average Bonchev–Trinajstić information content (AvgIpc) is 2.38. The third-order valence-electron chi connectivity index (χ3n) is 3.27. The molecule has 0 aromatic rings. The van der Waals surface area contributed by atoms with E-state index in [2.05, 4.69) is 6.07 Å². The number of nitrogens with zero attached hydrogens (tertiary/aromatic N) is 1. The molecule has 0 fully saturated rings. The summed E-state index contributed by atoms with van der Waals surface area (Å²) in [6.07, 6.45) is 12.4. The summed E-state index contributed by atoms with van der Waals surface area (Å²) in [5.41, 5.74) is 0. The van der Waals surface area contributed by atoms with Gasteiger partial charge in [-0.05, 0) is 25.7 Å². The number of rotatable bonds is 13. The second-order valence-electron chi connectivity index (χ2n) is 5.04. The van der Waals surface area contributed by atoms with Crippen molar-refractivity contribution >= 4 is 0 Å². The summed E-state index contributed by atoms with van der Waals surface area (Å²) in [5.74, 6) is 0. The maximum Gasteiger partial charge on any atom is 0.0621 e. The summed E-state index contributed by atoms with van der Waals surface area (Å²) in [6, 6.07) is 2.17. The van der Waals surface area contributed by atoms with E-state index >= 15 is 0 Å². The molecule has 18 heavy (non-hydrogen) atoms. The van der Waals surface area contributed by atoms with Crippen LogP contribution >= 0.6 is 0 Å². The zero-order valence-corrected chi connectivity index (χ0v) is 11.6. The Balaban J connectivity index is 3.05. The molecule has 0 amide bonds. The number of unbranched alkanes of at least 4 members (excludes halogenated alkanes) is 8. The molecule has 2 N–H and O–H groups in total. The molecular formula is C15H29NO2. The molecule has 0 aliphatic carbocycles. The van der Waals surface area contributed by atoms with Crippen LogP contribution in [0, 0.1) is 11.3 Å². The molecule has 0 spiro atoms. The zero-order chi connectivity index (χ0) is 13.5. The smallest absolute Gasteiger partial charge is 0.0621 e. The van der Waals surface area contributed by atoms with Crippen molar-refractivity contribution in [3.8, 4) is 6.07 Å². The summed E-state index contributed by atoms with van der Waals surface area (Å²) in [7, 11) is 0. The molecule has 3 nitrogen and oxygen atoms in total. The number of hydrogen-bond acceptors (Lipinski definition) is 3. The molecule has 0 heterocycles. The van der Waals surface area contributed by atoms with E-state index < -0.39 is 0 Å². The highest BCUT2D eigenvalue weighted by Crippen LogP contribution is 2.12. The maximum absolute atomic E-state index is 9.57. The van der Waals surface area contributed by atoms with E-state index in [1.165, 1.54) is 38.5 Å². The van der Waals surface area contributed by atoms with Crippen LogP contribution < -0.4 is 0 Å². The lowest BCUT2D eigenvalue weighted by molar-refractivity contribution is 0.137. The summed E-state index contributed by atoms with van der Waals surface area (Å²) in [4.78, 5) is 0. The molecule has 0 aliphatic heterocycles. The monoisotopic (exact) mass is 255 g/mol. The minimum Gasteiger partial charge on any atom is -0.396 e. The Morgan fingerprint density at radius 2 is 1.28 bits per heavy atom. The molecule has 0 rings (SSSR count). The predicted molar refractivity (Wildman–Crippen MR) is 74.1 cm³/mol. The Morgan fingerprint density at radius 3 is 1.83 bits per heavy atom. The predicted octanol–water partition coefficient (Wildman–Crippen LogP) is 3.54. The van der Waals surface area contributed by atoms with Crippen molar-refractivity contribution in [1.29, 1.82) is 5.26 Å². The Kier molecular flexibility index (Phi) is 14.0. The Hall–Kier alpha value is -0.590. The van der Waals surface area contributed by atoms with E-state index in [4.69, 9.17) is 10.4 Å². The van der Waals surface area contributed by atoms with Crippen LogP contribution in [0.3, 0.4) is 0 Å². The second-order valence-corrected chi connectivity index (χ2v) is 5.04. The quantitative estimate of drug-likeness (QED) is 0.495. The fourth-order valence-electron chi connectivity index (χ4n) is 2.12. The fraction of sp³-hybridized carbons (Fsp3) is 0.933. The largest absolute Gasteiger partial charge is 0.396 e. The van der Waals surface area contributed by atoms with Crippen molar-refractivity contribution in [2.75, 3.05) is 6.61 Å². The number of hydrogen-bond donors (Lipinski definition) is 2. The van der Waals surface area contributed by atoms with Gasteiger partial charge in [-0.1, -0.05) is 44.9 Å². The number of aliphatic hydroxyl groups excluding tert-OH is 2. The minimum absolute atomic E-state index is 0.183. The van der Waals surface area contributed by atoms with Crippen molar-refractivity contribution in [3.05, 3.63) is 0 Å². The van der Waals surface area contributed by atoms with Crippen LogP contribution in [-0.2, 0) is 0 Å². The van der Waals surface area contributed by atoms with Gasteiger partial charge in [0.05, 0.1) is 12.2 Å². The highest BCUT2D eigenvalue weighted by atomic mass is 16.3. The van der Waals surface area contributed by atoms with E-state index in [1.54, 1.807) is 0 Å². The molecule has 3 heteroatoms. The van der Waals surface area contributed by atoms with Gasteiger partial charge in [0, 0.05) is 13.0 Å². The Bertz CT molecular complexity index is 201.